The Kier molecular flexibility index (Phi) is 6.48. The van der Waals surface area contributed by atoms with Crippen molar-refractivity contribution < 1.29 is 19.2 Å². The Balaban J connectivity index is 2.19. The Morgan fingerprint density at radius 1 is 1.32 bits per heavy atom. The predicted octanol–water partition coefficient (Wildman–Crippen LogP) is 3.30. The first kappa shape index (κ1) is 22.1. The maximum absolute atomic E-state index is 14.7. The molecule has 1 aliphatic carbocycles. The minimum atomic E-state index is -1.18. The number of hydrogen-bond acceptors (Lipinski definition) is 5. The lowest BCUT2D eigenvalue weighted by Gasteiger charge is -2.36. The van der Waals surface area contributed by atoms with Crippen LogP contribution in [0.4, 0.5) is 4.39 Å². The molecule has 0 spiro atoms. The van der Waals surface area contributed by atoms with E-state index < -0.39 is 29.6 Å². The summed E-state index contributed by atoms with van der Waals surface area (Å²) in [5.41, 5.74) is 7.33. The molecular formula is C23H25FN4O3. The molecule has 0 aromatic heterocycles. The fraction of sp³-hybridized carbons (Fsp3) is 0.304. The first-order valence-electron chi connectivity index (χ1n) is 10.1. The minimum Gasteiger partial charge on any atom is -0.411 e. The summed E-state index contributed by atoms with van der Waals surface area (Å²) in [7, 11) is 0. The number of primary amides is 1. The molecule has 3 rings (SSSR count). The van der Waals surface area contributed by atoms with E-state index in [1.807, 2.05) is 13.0 Å². The molecule has 31 heavy (non-hydrogen) atoms. The standard InChI is InChI=1S/C23H25FN4O3/c1-3-14-11-17-16(18(24)12-14)9-10-19(17)28(23(30)20(25)13(2)27-31)21(22(26)29)15-7-5-4-6-8-15/h4-8,11-12,19,21,25,31H,3,9-10H2,1-2H3,(H2,26,29)/b25-20?,27-13-/t19-,21-/m1/s1. The molecule has 162 valence electrons. The highest BCUT2D eigenvalue weighted by Gasteiger charge is 2.41. The average Bonchev–Trinajstić information content (AvgIpc) is 3.20. The topological polar surface area (TPSA) is 120 Å². The highest BCUT2D eigenvalue weighted by Crippen LogP contribution is 2.42. The van der Waals surface area contributed by atoms with Crippen LogP contribution in [0.15, 0.2) is 47.6 Å². The number of carbonyl (C=O) groups is 2. The number of nitrogens with one attached hydrogen (secondary N) is 1. The van der Waals surface area contributed by atoms with Crippen LogP contribution in [0.2, 0.25) is 0 Å². The number of aryl methyl sites for hydroxylation is 1. The van der Waals surface area contributed by atoms with Gasteiger partial charge in [-0.15, -0.1) is 0 Å². The zero-order chi connectivity index (χ0) is 22.7. The van der Waals surface area contributed by atoms with E-state index >= 15 is 0 Å². The molecule has 2 atom stereocenters. The summed E-state index contributed by atoms with van der Waals surface area (Å²) < 4.78 is 14.7. The summed E-state index contributed by atoms with van der Waals surface area (Å²) in [6.07, 6.45) is 1.37. The van der Waals surface area contributed by atoms with Crippen LogP contribution in [-0.2, 0) is 22.4 Å². The Hall–Kier alpha value is -3.55. The second-order valence-corrected chi connectivity index (χ2v) is 7.54. The lowest BCUT2D eigenvalue weighted by Crippen LogP contribution is -2.47. The van der Waals surface area contributed by atoms with Crippen molar-refractivity contribution in [2.24, 2.45) is 10.9 Å². The van der Waals surface area contributed by atoms with Crippen LogP contribution < -0.4 is 5.73 Å². The molecule has 0 radical (unpaired) electrons. The van der Waals surface area contributed by atoms with Gasteiger partial charge in [-0.2, -0.15) is 0 Å². The number of nitrogens with zero attached hydrogens (tertiary/aromatic N) is 2. The van der Waals surface area contributed by atoms with E-state index in [9.17, 15) is 14.0 Å². The Morgan fingerprint density at radius 3 is 2.58 bits per heavy atom. The number of hydrogen-bond donors (Lipinski definition) is 3. The summed E-state index contributed by atoms with van der Waals surface area (Å²) in [6.45, 7) is 3.22. The van der Waals surface area contributed by atoms with E-state index in [0.717, 1.165) is 5.56 Å². The van der Waals surface area contributed by atoms with Gasteiger partial charge in [0.15, 0.2) is 0 Å². The van der Waals surface area contributed by atoms with Gasteiger partial charge in [0.05, 0.1) is 6.04 Å². The first-order valence-corrected chi connectivity index (χ1v) is 10.1. The van der Waals surface area contributed by atoms with Crippen LogP contribution in [-0.4, -0.2) is 33.3 Å². The van der Waals surface area contributed by atoms with Gasteiger partial charge in [-0.1, -0.05) is 48.5 Å². The largest absolute Gasteiger partial charge is 0.411 e. The molecule has 0 fully saturated rings. The van der Waals surface area contributed by atoms with Crippen molar-refractivity contribution in [2.75, 3.05) is 0 Å². The highest BCUT2D eigenvalue weighted by molar-refractivity contribution is 6.65. The predicted molar refractivity (Wildman–Crippen MR) is 115 cm³/mol. The van der Waals surface area contributed by atoms with Gasteiger partial charge in [-0.05, 0) is 54.5 Å². The van der Waals surface area contributed by atoms with Crippen LogP contribution in [0.1, 0.15) is 54.6 Å². The number of carbonyl (C=O) groups excluding carboxylic acids is 2. The number of oxime groups is 1. The molecule has 0 unspecified atom stereocenters. The maximum Gasteiger partial charge on any atom is 0.275 e. The van der Waals surface area contributed by atoms with Crippen molar-refractivity contribution in [3.05, 3.63) is 70.5 Å². The van der Waals surface area contributed by atoms with Crippen LogP contribution in [0.25, 0.3) is 0 Å². The molecule has 0 saturated heterocycles. The Labute approximate surface area is 179 Å². The molecule has 0 bridgehead atoms. The summed E-state index contributed by atoms with van der Waals surface area (Å²) in [4.78, 5) is 27.2. The van der Waals surface area contributed by atoms with Crippen LogP contribution in [0.3, 0.4) is 0 Å². The Morgan fingerprint density at radius 2 is 2.00 bits per heavy atom. The number of halogens is 1. The summed E-state index contributed by atoms with van der Waals surface area (Å²) >= 11 is 0. The molecule has 2 aromatic rings. The van der Waals surface area contributed by atoms with Gasteiger partial charge in [0.25, 0.3) is 5.91 Å². The molecular weight excluding hydrogens is 399 g/mol. The van der Waals surface area contributed by atoms with Crippen molar-refractivity contribution in [1.29, 1.82) is 5.41 Å². The van der Waals surface area contributed by atoms with Crippen LogP contribution >= 0.6 is 0 Å². The molecule has 1 aliphatic rings. The molecule has 0 aliphatic heterocycles. The second kappa shape index (κ2) is 9.07. The second-order valence-electron chi connectivity index (χ2n) is 7.54. The molecule has 0 saturated carbocycles. The van der Waals surface area contributed by atoms with Crippen molar-refractivity contribution in [1.82, 2.24) is 4.90 Å². The number of benzene rings is 2. The van der Waals surface area contributed by atoms with E-state index in [-0.39, 0.29) is 11.5 Å². The zero-order valence-electron chi connectivity index (χ0n) is 17.4. The lowest BCUT2D eigenvalue weighted by atomic mass is 9.96. The van der Waals surface area contributed by atoms with Gasteiger partial charge in [0.1, 0.15) is 23.3 Å². The van der Waals surface area contributed by atoms with Crippen molar-refractivity contribution in [2.45, 2.75) is 45.2 Å². The first-order chi connectivity index (χ1) is 14.8. The highest BCUT2D eigenvalue weighted by atomic mass is 19.1. The van der Waals surface area contributed by atoms with Gasteiger partial charge in [-0.3, -0.25) is 15.0 Å². The normalized spacial score (nSPS) is 16.5. The van der Waals surface area contributed by atoms with Crippen molar-refractivity contribution >= 4 is 23.2 Å². The smallest absolute Gasteiger partial charge is 0.275 e. The summed E-state index contributed by atoms with van der Waals surface area (Å²) in [6, 6.07) is 10.0. The van der Waals surface area contributed by atoms with Crippen molar-refractivity contribution in [3.8, 4) is 0 Å². The van der Waals surface area contributed by atoms with Crippen molar-refractivity contribution in [3.63, 3.8) is 0 Å². The maximum atomic E-state index is 14.7. The molecule has 8 heteroatoms. The fourth-order valence-corrected chi connectivity index (χ4v) is 4.08. The summed E-state index contributed by atoms with van der Waals surface area (Å²) in [5.74, 6) is -1.93. The van der Waals surface area contributed by atoms with E-state index in [1.54, 1.807) is 30.3 Å². The molecule has 7 nitrogen and oxygen atoms in total. The van der Waals surface area contributed by atoms with Gasteiger partial charge >= 0.3 is 0 Å². The van der Waals surface area contributed by atoms with E-state index in [0.29, 0.717) is 36.0 Å². The zero-order valence-corrected chi connectivity index (χ0v) is 17.4. The number of rotatable bonds is 7. The van der Waals surface area contributed by atoms with Crippen LogP contribution in [0, 0.1) is 11.2 Å². The molecule has 0 heterocycles. The van der Waals surface area contributed by atoms with E-state index in [2.05, 4.69) is 5.16 Å². The van der Waals surface area contributed by atoms with Crippen LogP contribution in [0.5, 0.6) is 0 Å². The van der Waals surface area contributed by atoms with E-state index in [1.165, 1.54) is 17.9 Å². The molecule has 2 aromatic carbocycles. The van der Waals surface area contributed by atoms with Gasteiger partial charge < -0.3 is 15.8 Å². The number of nitrogens with two attached hydrogens (primary N) is 1. The third-order valence-electron chi connectivity index (χ3n) is 5.68. The summed E-state index contributed by atoms with van der Waals surface area (Å²) in [5, 5.41) is 20.2. The number of fused-ring (bicyclic) bond motifs is 1. The van der Waals surface area contributed by atoms with Gasteiger partial charge in [0.2, 0.25) is 5.91 Å². The van der Waals surface area contributed by atoms with Gasteiger partial charge in [0, 0.05) is 0 Å². The molecule has 2 amide bonds. The fourth-order valence-electron chi connectivity index (χ4n) is 4.08. The third kappa shape index (κ3) is 4.19. The SMILES string of the molecule is CCc1cc(F)c2c(c1)[C@H](N(C(=O)C(=N)/C(C)=N\O)[C@@H](C(N)=O)c1ccccc1)CC2. The van der Waals surface area contributed by atoms with E-state index in [4.69, 9.17) is 16.4 Å². The number of amides is 2. The molecule has 4 N–H and O–H groups in total. The monoisotopic (exact) mass is 424 g/mol. The lowest BCUT2D eigenvalue weighted by molar-refractivity contribution is -0.137. The average molecular weight is 424 g/mol. The quantitative estimate of drug-likeness (QED) is 0.359. The third-order valence-corrected chi connectivity index (χ3v) is 5.68. The van der Waals surface area contributed by atoms with Gasteiger partial charge in [-0.25, -0.2) is 4.39 Å². The minimum absolute atomic E-state index is 0.196. The Bertz CT molecular complexity index is 1050.